The highest BCUT2D eigenvalue weighted by Gasteiger charge is 2.25. The number of hydrogen-bond donors (Lipinski definition) is 2. The molecule has 2 aromatic rings. The van der Waals surface area contributed by atoms with Gasteiger partial charge >= 0.3 is 0 Å². The van der Waals surface area contributed by atoms with Gasteiger partial charge in [-0.25, -0.2) is 0 Å². The fourth-order valence-electron chi connectivity index (χ4n) is 2.56. The van der Waals surface area contributed by atoms with Crippen LogP contribution in [0.3, 0.4) is 0 Å². The van der Waals surface area contributed by atoms with Gasteiger partial charge in [0.1, 0.15) is 5.56 Å². The lowest BCUT2D eigenvalue weighted by molar-refractivity contribution is -0.385. The van der Waals surface area contributed by atoms with Gasteiger partial charge in [0.05, 0.1) is 24.7 Å². The minimum absolute atomic E-state index is 0.00271. The van der Waals surface area contributed by atoms with Crippen LogP contribution in [0, 0.1) is 10.1 Å². The van der Waals surface area contributed by atoms with Crippen LogP contribution in [0.25, 0.3) is 0 Å². The predicted molar refractivity (Wildman–Crippen MR) is 108 cm³/mol. The summed E-state index contributed by atoms with van der Waals surface area (Å²) in [6.07, 6.45) is 0. The molecular formula is C20H23N3O6. The third-order valence-corrected chi connectivity index (χ3v) is 3.85. The number of nitro groups is 1. The Balaban J connectivity index is 2.28. The van der Waals surface area contributed by atoms with Crippen LogP contribution in [0.2, 0.25) is 0 Å². The first-order valence-electron chi connectivity index (χ1n) is 8.98. The molecule has 0 aromatic heterocycles. The minimum atomic E-state index is -0.683. The van der Waals surface area contributed by atoms with Crippen LogP contribution in [0.4, 0.5) is 11.4 Å². The second-order valence-electron chi connectivity index (χ2n) is 6.37. The molecule has 0 aliphatic carbocycles. The highest BCUT2D eigenvalue weighted by molar-refractivity contribution is 6.07. The van der Waals surface area contributed by atoms with E-state index >= 15 is 0 Å². The zero-order chi connectivity index (χ0) is 21.6. The summed E-state index contributed by atoms with van der Waals surface area (Å²) in [5.74, 6) is -0.524. The number of benzene rings is 2. The Hall–Kier alpha value is -3.62. The van der Waals surface area contributed by atoms with E-state index in [1.807, 2.05) is 13.8 Å². The Morgan fingerprint density at radius 2 is 1.76 bits per heavy atom. The Labute approximate surface area is 168 Å². The Bertz CT molecular complexity index is 909. The number of ether oxygens (including phenoxy) is 2. The van der Waals surface area contributed by atoms with Gasteiger partial charge in [0.2, 0.25) is 0 Å². The number of carbonyl (C=O) groups is 2. The summed E-state index contributed by atoms with van der Waals surface area (Å²) in [6, 6.07) is 8.63. The smallest absolute Gasteiger partial charge is 0.286 e. The summed E-state index contributed by atoms with van der Waals surface area (Å²) >= 11 is 0. The summed E-state index contributed by atoms with van der Waals surface area (Å²) in [6.45, 7) is 5.72. The summed E-state index contributed by atoms with van der Waals surface area (Å²) < 4.78 is 10.5. The first-order chi connectivity index (χ1) is 13.8. The normalized spacial score (nSPS) is 10.4. The highest BCUT2D eigenvalue weighted by atomic mass is 16.6. The number of hydrogen-bond acceptors (Lipinski definition) is 6. The van der Waals surface area contributed by atoms with Crippen LogP contribution in [0.5, 0.6) is 11.5 Å². The maximum absolute atomic E-state index is 12.6. The van der Waals surface area contributed by atoms with E-state index in [1.54, 1.807) is 31.2 Å². The van der Waals surface area contributed by atoms with Crippen LogP contribution in [0.1, 0.15) is 41.5 Å². The quantitative estimate of drug-likeness (QED) is 0.517. The van der Waals surface area contributed by atoms with E-state index in [-0.39, 0.29) is 35.6 Å². The largest absolute Gasteiger partial charge is 0.493 e. The van der Waals surface area contributed by atoms with E-state index in [2.05, 4.69) is 10.6 Å². The molecule has 0 atom stereocenters. The van der Waals surface area contributed by atoms with Gasteiger partial charge in [0.15, 0.2) is 11.5 Å². The van der Waals surface area contributed by atoms with E-state index in [4.69, 9.17) is 9.47 Å². The topological polar surface area (TPSA) is 120 Å². The lowest BCUT2D eigenvalue weighted by Gasteiger charge is -2.12. The van der Waals surface area contributed by atoms with Crippen molar-refractivity contribution in [1.29, 1.82) is 0 Å². The van der Waals surface area contributed by atoms with Crippen molar-refractivity contribution >= 4 is 23.2 Å². The molecule has 0 radical (unpaired) electrons. The first-order valence-corrected chi connectivity index (χ1v) is 8.98. The molecule has 0 aliphatic rings. The number of nitro benzene ring substituents is 1. The van der Waals surface area contributed by atoms with Gasteiger partial charge in [-0.05, 0) is 45.0 Å². The third kappa shape index (κ3) is 5.44. The number of nitrogens with one attached hydrogen (secondary N) is 2. The molecule has 2 N–H and O–H groups in total. The molecule has 2 aromatic carbocycles. The molecule has 0 unspecified atom stereocenters. The molecule has 2 amide bonds. The Kier molecular flexibility index (Phi) is 7.13. The number of carbonyl (C=O) groups excluding carboxylic acids is 2. The fraction of sp³-hybridized carbons (Fsp3) is 0.300. The van der Waals surface area contributed by atoms with Crippen molar-refractivity contribution in [2.24, 2.45) is 0 Å². The molecule has 0 fully saturated rings. The van der Waals surface area contributed by atoms with Gasteiger partial charge in [0.25, 0.3) is 17.5 Å². The van der Waals surface area contributed by atoms with Crippen molar-refractivity contribution in [3.63, 3.8) is 0 Å². The van der Waals surface area contributed by atoms with Crippen molar-refractivity contribution in [2.75, 3.05) is 19.0 Å². The number of rotatable bonds is 8. The molecule has 0 aliphatic heterocycles. The predicted octanol–water partition coefficient (Wildman–Crippen LogP) is 3.39. The van der Waals surface area contributed by atoms with E-state index in [0.717, 1.165) is 6.07 Å². The molecule has 0 saturated heterocycles. The standard InChI is InChI=1S/C20H23N3O6/c1-5-29-18-11-16(23(26)27)15(10-17(18)28-4)20(25)22-14-8-6-13(7-9-14)19(24)21-12(2)3/h6-12H,5H2,1-4H3,(H,21,24)(H,22,25). The van der Waals surface area contributed by atoms with Crippen molar-refractivity contribution in [3.8, 4) is 11.5 Å². The average Bonchev–Trinajstić information content (AvgIpc) is 2.67. The van der Waals surface area contributed by atoms with Crippen LogP contribution < -0.4 is 20.1 Å². The molecule has 0 spiro atoms. The van der Waals surface area contributed by atoms with E-state index in [9.17, 15) is 19.7 Å². The van der Waals surface area contributed by atoms with Crippen LogP contribution in [0.15, 0.2) is 36.4 Å². The molecule has 9 heteroatoms. The summed E-state index contributed by atoms with van der Waals surface area (Å²) in [5, 5.41) is 16.8. The Morgan fingerprint density at radius 1 is 1.10 bits per heavy atom. The van der Waals surface area contributed by atoms with E-state index in [0.29, 0.717) is 11.3 Å². The third-order valence-electron chi connectivity index (χ3n) is 3.85. The van der Waals surface area contributed by atoms with Gasteiger partial charge < -0.3 is 20.1 Å². The van der Waals surface area contributed by atoms with Crippen LogP contribution in [-0.2, 0) is 0 Å². The number of anilines is 1. The van der Waals surface area contributed by atoms with Gasteiger partial charge in [-0.15, -0.1) is 0 Å². The summed E-state index contributed by atoms with van der Waals surface area (Å²) in [7, 11) is 1.38. The van der Waals surface area contributed by atoms with Crippen molar-refractivity contribution < 1.29 is 24.0 Å². The molecule has 29 heavy (non-hydrogen) atoms. The second kappa shape index (κ2) is 9.54. The Morgan fingerprint density at radius 3 is 2.28 bits per heavy atom. The van der Waals surface area contributed by atoms with Crippen molar-refractivity contribution in [2.45, 2.75) is 26.8 Å². The van der Waals surface area contributed by atoms with Crippen LogP contribution >= 0.6 is 0 Å². The highest BCUT2D eigenvalue weighted by Crippen LogP contribution is 2.35. The zero-order valence-corrected chi connectivity index (χ0v) is 16.6. The van der Waals surface area contributed by atoms with Gasteiger partial charge in [-0.3, -0.25) is 19.7 Å². The van der Waals surface area contributed by atoms with Crippen molar-refractivity contribution in [1.82, 2.24) is 5.32 Å². The lowest BCUT2D eigenvalue weighted by atomic mass is 10.1. The summed E-state index contributed by atoms with van der Waals surface area (Å²) in [4.78, 5) is 35.4. The maximum atomic E-state index is 12.6. The van der Waals surface area contributed by atoms with Gasteiger partial charge in [-0.2, -0.15) is 0 Å². The average molecular weight is 401 g/mol. The maximum Gasteiger partial charge on any atom is 0.286 e. The molecule has 2 rings (SSSR count). The minimum Gasteiger partial charge on any atom is -0.493 e. The fourth-order valence-corrected chi connectivity index (χ4v) is 2.56. The first kappa shape index (κ1) is 21.7. The summed E-state index contributed by atoms with van der Waals surface area (Å²) in [5.41, 5.74) is 0.250. The number of methoxy groups -OCH3 is 1. The molecule has 0 bridgehead atoms. The molecule has 0 saturated carbocycles. The monoisotopic (exact) mass is 401 g/mol. The van der Waals surface area contributed by atoms with Crippen LogP contribution in [-0.4, -0.2) is 36.5 Å². The van der Waals surface area contributed by atoms with E-state index < -0.39 is 16.5 Å². The molecular weight excluding hydrogens is 378 g/mol. The second-order valence-corrected chi connectivity index (χ2v) is 6.37. The molecule has 154 valence electrons. The lowest BCUT2D eigenvalue weighted by Crippen LogP contribution is -2.30. The number of nitrogens with zero attached hydrogens (tertiary/aromatic N) is 1. The molecule has 9 nitrogen and oxygen atoms in total. The van der Waals surface area contributed by atoms with E-state index in [1.165, 1.54) is 13.2 Å². The zero-order valence-electron chi connectivity index (χ0n) is 16.6. The van der Waals surface area contributed by atoms with Gasteiger partial charge in [0, 0.05) is 23.4 Å². The van der Waals surface area contributed by atoms with Crippen molar-refractivity contribution in [3.05, 3.63) is 57.6 Å². The number of amides is 2. The SMILES string of the molecule is CCOc1cc([N+](=O)[O-])c(C(=O)Nc2ccc(C(=O)NC(C)C)cc2)cc1OC. The van der Waals surface area contributed by atoms with Gasteiger partial charge in [-0.1, -0.05) is 0 Å². The molecule has 0 heterocycles.